The van der Waals surface area contributed by atoms with Gasteiger partial charge in [0, 0.05) is 11.5 Å². The van der Waals surface area contributed by atoms with E-state index in [2.05, 4.69) is 0 Å². The third-order valence-corrected chi connectivity index (χ3v) is 3.19. The molecule has 0 atom stereocenters. The minimum Gasteiger partial charge on any atom is -0.298 e. The lowest BCUT2D eigenvalue weighted by molar-refractivity contribution is -0.114. The van der Waals surface area contributed by atoms with Gasteiger partial charge in [-0.25, -0.2) is 0 Å². The standard InChI is InChI=1S/C5H8OS2/c6-5-3-7-1-2-8-4-5/h1-4H2. The van der Waals surface area contributed by atoms with Crippen LogP contribution in [0, 0.1) is 0 Å². The third kappa shape index (κ3) is 2.09. The van der Waals surface area contributed by atoms with E-state index in [1.165, 1.54) is 0 Å². The van der Waals surface area contributed by atoms with Crippen LogP contribution in [0.3, 0.4) is 0 Å². The largest absolute Gasteiger partial charge is 0.298 e. The lowest BCUT2D eigenvalue weighted by Crippen LogP contribution is -2.01. The number of Topliss-reactive ketones (excluding diaryl/α,β-unsaturated/α-hetero) is 1. The first kappa shape index (κ1) is 6.49. The zero-order valence-corrected chi connectivity index (χ0v) is 6.19. The first-order valence-electron chi connectivity index (χ1n) is 2.57. The van der Waals surface area contributed by atoms with Crippen molar-refractivity contribution in [2.75, 3.05) is 23.0 Å². The van der Waals surface area contributed by atoms with Gasteiger partial charge in [-0.3, -0.25) is 4.79 Å². The molecule has 0 aromatic heterocycles. The molecule has 0 aromatic carbocycles. The minimum absolute atomic E-state index is 0.400. The minimum atomic E-state index is 0.400. The summed E-state index contributed by atoms with van der Waals surface area (Å²) in [6.45, 7) is 0. The van der Waals surface area contributed by atoms with Crippen molar-refractivity contribution >= 4 is 29.3 Å². The molecule has 0 saturated carbocycles. The van der Waals surface area contributed by atoms with Crippen LogP contribution in [0.2, 0.25) is 0 Å². The van der Waals surface area contributed by atoms with Crippen LogP contribution in [0.1, 0.15) is 0 Å². The molecule has 1 aliphatic rings. The zero-order chi connectivity index (χ0) is 5.82. The Morgan fingerprint density at radius 3 is 2.12 bits per heavy atom. The third-order valence-electron chi connectivity index (χ3n) is 0.898. The Hall–Kier alpha value is 0.370. The molecule has 1 rings (SSSR count). The van der Waals surface area contributed by atoms with Gasteiger partial charge < -0.3 is 0 Å². The van der Waals surface area contributed by atoms with Crippen LogP contribution >= 0.6 is 23.5 Å². The van der Waals surface area contributed by atoms with Crippen LogP contribution in [0.5, 0.6) is 0 Å². The van der Waals surface area contributed by atoms with Gasteiger partial charge in [0.2, 0.25) is 0 Å². The summed E-state index contributed by atoms with van der Waals surface area (Å²) in [5, 5.41) is 0. The molecule has 1 aliphatic heterocycles. The van der Waals surface area contributed by atoms with Crippen molar-refractivity contribution < 1.29 is 4.79 Å². The Morgan fingerprint density at radius 2 is 1.62 bits per heavy atom. The lowest BCUT2D eigenvalue weighted by atomic mass is 10.5. The van der Waals surface area contributed by atoms with Gasteiger partial charge in [-0.2, -0.15) is 23.5 Å². The Morgan fingerprint density at radius 1 is 1.12 bits per heavy atom. The lowest BCUT2D eigenvalue weighted by Gasteiger charge is -1.86. The summed E-state index contributed by atoms with van der Waals surface area (Å²) in [6, 6.07) is 0. The second-order valence-electron chi connectivity index (χ2n) is 1.64. The van der Waals surface area contributed by atoms with Crippen LogP contribution < -0.4 is 0 Å². The summed E-state index contributed by atoms with van der Waals surface area (Å²) in [5.74, 6) is 4.19. The molecule has 0 bridgehead atoms. The molecular formula is C5H8OS2. The summed E-state index contributed by atoms with van der Waals surface area (Å²) < 4.78 is 0. The van der Waals surface area contributed by atoms with Crippen molar-refractivity contribution in [2.24, 2.45) is 0 Å². The van der Waals surface area contributed by atoms with Crippen LogP contribution in [0.15, 0.2) is 0 Å². The molecule has 8 heavy (non-hydrogen) atoms. The quantitative estimate of drug-likeness (QED) is 0.511. The second kappa shape index (κ2) is 3.41. The molecule has 1 fully saturated rings. The molecule has 0 unspecified atom stereocenters. The molecule has 1 saturated heterocycles. The van der Waals surface area contributed by atoms with Crippen LogP contribution in [0.25, 0.3) is 0 Å². The average Bonchev–Trinajstić information content (AvgIpc) is 1.94. The normalized spacial score (nSPS) is 22.8. The molecule has 0 aliphatic carbocycles. The van der Waals surface area contributed by atoms with Gasteiger partial charge in [-0.05, 0) is 0 Å². The Balaban J connectivity index is 2.27. The molecule has 0 N–H and O–H groups in total. The van der Waals surface area contributed by atoms with Gasteiger partial charge in [0.25, 0.3) is 0 Å². The van der Waals surface area contributed by atoms with E-state index in [9.17, 15) is 4.79 Å². The fourth-order valence-electron chi connectivity index (χ4n) is 0.532. The van der Waals surface area contributed by atoms with Crippen molar-refractivity contribution in [3.63, 3.8) is 0 Å². The Labute approximate surface area is 57.6 Å². The molecule has 0 amide bonds. The van der Waals surface area contributed by atoms with Crippen molar-refractivity contribution in [1.29, 1.82) is 0 Å². The number of carbonyl (C=O) groups excluding carboxylic acids is 1. The van der Waals surface area contributed by atoms with E-state index >= 15 is 0 Å². The van der Waals surface area contributed by atoms with E-state index in [-0.39, 0.29) is 0 Å². The van der Waals surface area contributed by atoms with Crippen molar-refractivity contribution in [3.8, 4) is 0 Å². The van der Waals surface area contributed by atoms with Gasteiger partial charge in [0.15, 0.2) is 5.78 Å². The number of thioether (sulfide) groups is 2. The number of carbonyl (C=O) groups is 1. The average molecular weight is 148 g/mol. The Bertz CT molecular complexity index is 82.4. The number of hydrogen-bond donors (Lipinski definition) is 0. The predicted molar refractivity (Wildman–Crippen MR) is 39.7 cm³/mol. The van der Waals surface area contributed by atoms with Crippen LogP contribution in [0.4, 0.5) is 0 Å². The van der Waals surface area contributed by atoms with Crippen molar-refractivity contribution in [1.82, 2.24) is 0 Å². The maximum absolute atomic E-state index is 10.6. The van der Waals surface area contributed by atoms with Crippen molar-refractivity contribution in [2.45, 2.75) is 0 Å². The highest BCUT2D eigenvalue weighted by molar-refractivity contribution is 8.04. The number of rotatable bonds is 0. The van der Waals surface area contributed by atoms with Crippen LogP contribution in [-0.2, 0) is 4.79 Å². The van der Waals surface area contributed by atoms with E-state index in [0.29, 0.717) is 5.78 Å². The summed E-state index contributed by atoms with van der Waals surface area (Å²) >= 11 is 3.51. The topological polar surface area (TPSA) is 17.1 Å². The monoisotopic (exact) mass is 148 g/mol. The van der Waals surface area contributed by atoms with Gasteiger partial charge in [0.05, 0.1) is 11.5 Å². The van der Waals surface area contributed by atoms with E-state index in [0.717, 1.165) is 23.0 Å². The van der Waals surface area contributed by atoms with Gasteiger partial charge >= 0.3 is 0 Å². The smallest absolute Gasteiger partial charge is 0.152 e. The highest BCUT2D eigenvalue weighted by Crippen LogP contribution is 2.12. The molecular weight excluding hydrogens is 140 g/mol. The molecule has 46 valence electrons. The van der Waals surface area contributed by atoms with Gasteiger partial charge in [-0.1, -0.05) is 0 Å². The molecule has 0 radical (unpaired) electrons. The fourth-order valence-corrected chi connectivity index (χ4v) is 2.55. The van der Waals surface area contributed by atoms with Crippen molar-refractivity contribution in [3.05, 3.63) is 0 Å². The molecule has 0 spiro atoms. The summed E-state index contributed by atoms with van der Waals surface area (Å²) in [5.41, 5.74) is 0. The predicted octanol–water partition coefficient (Wildman–Crippen LogP) is 1.04. The first-order chi connectivity index (χ1) is 3.89. The molecule has 0 aromatic rings. The highest BCUT2D eigenvalue weighted by Gasteiger charge is 2.05. The Kier molecular flexibility index (Phi) is 2.76. The van der Waals surface area contributed by atoms with E-state index in [4.69, 9.17) is 0 Å². The van der Waals surface area contributed by atoms with E-state index in [1.807, 2.05) is 0 Å². The zero-order valence-electron chi connectivity index (χ0n) is 4.55. The molecule has 3 heteroatoms. The molecule has 1 nitrogen and oxygen atoms in total. The number of ketones is 1. The summed E-state index contributed by atoms with van der Waals surface area (Å²) in [4.78, 5) is 10.6. The number of hydrogen-bond acceptors (Lipinski definition) is 3. The van der Waals surface area contributed by atoms with Gasteiger partial charge in [-0.15, -0.1) is 0 Å². The molecule has 1 heterocycles. The van der Waals surface area contributed by atoms with E-state index < -0.39 is 0 Å². The summed E-state index contributed by atoms with van der Waals surface area (Å²) in [6.07, 6.45) is 0. The first-order valence-corrected chi connectivity index (χ1v) is 4.88. The highest BCUT2D eigenvalue weighted by atomic mass is 32.2. The van der Waals surface area contributed by atoms with Gasteiger partial charge in [0.1, 0.15) is 0 Å². The van der Waals surface area contributed by atoms with Crippen LogP contribution in [-0.4, -0.2) is 28.8 Å². The maximum Gasteiger partial charge on any atom is 0.152 e. The SMILES string of the molecule is O=C1CSCCSC1. The van der Waals surface area contributed by atoms with E-state index in [1.54, 1.807) is 23.5 Å². The summed E-state index contributed by atoms with van der Waals surface area (Å²) in [7, 11) is 0. The fraction of sp³-hybridized carbons (Fsp3) is 0.800. The second-order valence-corrected chi connectivity index (χ2v) is 3.85. The maximum atomic E-state index is 10.6.